The SMILES string of the molecule is COCc1nc2c(c(=O)n(C)c(=O)n2C)n1CCCCN. The number of hydrogen-bond acceptors (Lipinski definition) is 5. The van der Waals surface area contributed by atoms with E-state index in [0.29, 0.717) is 30.1 Å². The van der Waals surface area contributed by atoms with Crippen molar-refractivity contribution in [2.45, 2.75) is 26.0 Å². The topological polar surface area (TPSA) is 97.1 Å². The molecule has 2 aromatic rings. The van der Waals surface area contributed by atoms with Crippen molar-refractivity contribution in [2.75, 3.05) is 13.7 Å². The van der Waals surface area contributed by atoms with Crippen molar-refractivity contribution >= 4 is 11.2 Å². The van der Waals surface area contributed by atoms with Gasteiger partial charge in [-0.15, -0.1) is 0 Å². The van der Waals surface area contributed by atoms with Crippen LogP contribution in [0.2, 0.25) is 0 Å². The van der Waals surface area contributed by atoms with Gasteiger partial charge in [0.15, 0.2) is 11.2 Å². The smallest absolute Gasteiger partial charge is 0.332 e. The van der Waals surface area contributed by atoms with Crippen molar-refractivity contribution in [1.82, 2.24) is 18.7 Å². The number of nitrogens with two attached hydrogens (primary N) is 1. The van der Waals surface area contributed by atoms with Crippen LogP contribution < -0.4 is 17.0 Å². The lowest BCUT2D eigenvalue weighted by Crippen LogP contribution is -2.37. The Balaban J connectivity index is 2.70. The summed E-state index contributed by atoms with van der Waals surface area (Å²) in [5.74, 6) is 0.642. The Hall–Kier alpha value is -1.93. The molecule has 0 saturated carbocycles. The van der Waals surface area contributed by atoms with Gasteiger partial charge in [-0.3, -0.25) is 13.9 Å². The predicted octanol–water partition coefficient (Wildman–Crippen LogP) is -0.681. The van der Waals surface area contributed by atoms with Gasteiger partial charge >= 0.3 is 5.69 Å². The van der Waals surface area contributed by atoms with Crippen molar-refractivity contribution in [3.05, 3.63) is 26.7 Å². The van der Waals surface area contributed by atoms with E-state index in [1.54, 1.807) is 14.2 Å². The highest BCUT2D eigenvalue weighted by molar-refractivity contribution is 5.71. The number of methoxy groups -OCH3 is 1. The largest absolute Gasteiger partial charge is 0.377 e. The van der Waals surface area contributed by atoms with E-state index in [-0.39, 0.29) is 17.9 Å². The lowest BCUT2D eigenvalue weighted by Gasteiger charge is -2.08. The number of aryl methyl sites for hydroxylation is 2. The van der Waals surface area contributed by atoms with Crippen LogP contribution in [0.15, 0.2) is 9.59 Å². The van der Waals surface area contributed by atoms with Crippen molar-refractivity contribution in [3.8, 4) is 0 Å². The van der Waals surface area contributed by atoms with E-state index in [4.69, 9.17) is 10.5 Å². The maximum Gasteiger partial charge on any atom is 0.332 e. The Kier molecular flexibility index (Phi) is 4.59. The number of fused-ring (bicyclic) bond motifs is 1. The van der Waals surface area contributed by atoms with Crippen LogP contribution in [0, 0.1) is 0 Å². The molecule has 2 N–H and O–H groups in total. The first-order valence-electron chi connectivity index (χ1n) is 6.87. The molecule has 0 aliphatic carbocycles. The molecule has 0 radical (unpaired) electrons. The molecule has 21 heavy (non-hydrogen) atoms. The van der Waals surface area contributed by atoms with E-state index in [1.807, 2.05) is 4.57 Å². The molecule has 0 saturated heterocycles. The molecule has 0 spiro atoms. The third-order valence-electron chi connectivity index (χ3n) is 3.54. The first-order valence-corrected chi connectivity index (χ1v) is 6.87. The van der Waals surface area contributed by atoms with Gasteiger partial charge in [-0.25, -0.2) is 9.78 Å². The summed E-state index contributed by atoms with van der Waals surface area (Å²) in [4.78, 5) is 28.8. The van der Waals surface area contributed by atoms with Gasteiger partial charge in [0.05, 0.1) is 0 Å². The standard InChI is InChI=1S/C13H21N5O3/c1-16-11-10(12(19)17(2)13(16)20)18(7-5-4-6-14)9(15-11)8-21-3/h4-8,14H2,1-3H3. The highest BCUT2D eigenvalue weighted by Gasteiger charge is 2.18. The second kappa shape index (κ2) is 6.23. The zero-order valence-corrected chi connectivity index (χ0v) is 12.6. The average molecular weight is 295 g/mol. The zero-order valence-electron chi connectivity index (χ0n) is 12.6. The molecule has 0 aromatic carbocycles. The van der Waals surface area contributed by atoms with Gasteiger partial charge in [0.25, 0.3) is 5.56 Å². The van der Waals surface area contributed by atoms with Crippen LogP contribution in [0.3, 0.4) is 0 Å². The van der Waals surface area contributed by atoms with Crippen molar-refractivity contribution in [1.29, 1.82) is 0 Å². The minimum Gasteiger partial charge on any atom is -0.377 e. The number of rotatable bonds is 6. The fourth-order valence-electron chi connectivity index (χ4n) is 2.39. The average Bonchev–Trinajstić information content (AvgIpc) is 2.82. The van der Waals surface area contributed by atoms with Crippen LogP contribution in [0.4, 0.5) is 0 Å². The summed E-state index contributed by atoms with van der Waals surface area (Å²) >= 11 is 0. The maximum atomic E-state index is 12.4. The molecule has 116 valence electrons. The van der Waals surface area contributed by atoms with Crippen molar-refractivity contribution < 1.29 is 4.74 Å². The highest BCUT2D eigenvalue weighted by atomic mass is 16.5. The van der Waals surface area contributed by atoms with E-state index in [0.717, 1.165) is 17.4 Å². The Morgan fingerprint density at radius 2 is 1.90 bits per heavy atom. The quantitative estimate of drug-likeness (QED) is 0.712. The summed E-state index contributed by atoms with van der Waals surface area (Å²) < 4.78 is 9.45. The fourth-order valence-corrected chi connectivity index (χ4v) is 2.39. The van der Waals surface area contributed by atoms with E-state index in [2.05, 4.69) is 4.98 Å². The molecule has 0 aliphatic heterocycles. The first-order chi connectivity index (χ1) is 10.0. The first kappa shape index (κ1) is 15.5. The number of imidazole rings is 1. The number of nitrogens with zero attached hydrogens (tertiary/aromatic N) is 4. The minimum atomic E-state index is -0.386. The van der Waals surface area contributed by atoms with Crippen LogP contribution in [0.1, 0.15) is 18.7 Å². The second-order valence-corrected chi connectivity index (χ2v) is 4.99. The molecule has 0 amide bonds. The molecular formula is C13H21N5O3. The monoisotopic (exact) mass is 295 g/mol. The Labute approximate surface area is 121 Å². The molecule has 0 unspecified atom stereocenters. The second-order valence-electron chi connectivity index (χ2n) is 4.99. The Bertz CT molecular complexity index is 756. The maximum absolute atomic E-state index is 12.4. The van der Waals surface area contributed by atoms with Gasteiger partial charge < -0.3 is 15.0 Å². The molecule has 2 aromatic heterocycles. The third-order valence-corrected chi connectivity index (χ3v) is 3.54. The molecule has 8 nitrogen and oxygen atoms in total. The van der Waals surface area contributed by atoms with Gasteiger partial charge in [0, 0.05) is 27.7 Å². The molecule has 8 heteroatoms. The number of ether oxygens (including phenoxy) is 1. The summed E-state index contributed by atoms with van der Waals surface area (Å²) in [6, 6.07) is 0. The molecule has 2 rings (SSSR count). The summed E-state index contributed by atoms with van der Waals surface area (Å²) in [5.41, 5.74) is 5.62. The van der Waals surface area contributed by atoms with Gasteiger partial charge in [-0.2, -0.15) is 0 Å². The van der Waals surface area contributed by atoms with Gasteiger partial charge in [0.2, 0.25) is 0 Å². The number of unbranched alkanes of at least 4 members (excludes halogenated alkanes) is 1. The van der Waals surface area contributed by atoms with E-state index in [9.17, 15) is 9.59 Å². The van der Waals surface area contributed by atoms with Crippen molar-refractivity contribution in [3.63, 3.8) is 0 Å². The zero-order chi connectivity index (χ0) is 15.6. The molecule has 0 fully saturated rings. The summed E-state index contributed by atoms with van der Waals surface area (Å²) in [7, 11) is 4.65. The van der Waals surface area contributed by atoms with Crippen LogP contribution in [-0.2, 0) is 32.0 Å². The fraction of sp³-hybridized carbons (Fsp3) is 0.615. The lowest BCUT2D eigenvalue weighted by molar-refractivity contribution is 0.174. The van der Waals surface area contributed by atoms with Crippen LogP contribution in [0.5, 0.6) is 0 Å². The van der Waals surface area contributed by atoms with Crippen LogP contribution in [-0.4, -0.2) is 32.3 Å². The van der Waals surface area contributed by atoms with Crippen LogP contribution >= 0.6 is 0 Å². The van der Waals surface area contributed by atoms with E-state index in [1.165, 1.54) is 11.6 Å². The van der Waals surface area contributed by atoms with E-state index < -0.39 is 0 Å². The van der Waals surface area contributed by atoms with Crippen molar-refractivity contribution in [2.24, 2.45) is 19.8 Å². The van der Waals surface area contributed by atoms with Gasteiger partial charge in [0.1, 0.15) is 12.4 Å². The normalized spacial score (nSPS) is 11.4. The molecule has 0 aliphatic rings. The molecule has 2 heterocycles. The molecule has 0 atom stereocenters. The van der Waals surface area contributed by atoms with E-state index >= 15 is 0 Å². The Morgan fingerprint density at radius 1 is 1.19 bits per heavy atom. The lowest BCUT2D eigenvalue weighted by atomic mass is 10.3. The highest BCUT2D eigenvalue weighted by Crippen LogP contribution is 2.13. The molecular weight excluding hydrogens is 274 g/mol. The molecule has 0 bridgehead atoms. The summed E-state index contributed by atoms with van der Waals surface area (Å²) in [5, 5.41) is 0. The van der Waals surface area contributed by atoms with Gasteiger partial charge in [-0.05, 0) is 19.4 Å². The van der Waals surface area contributed by atoms with Crippen LogP contribution in [0.25, 0.3) is 11.2 Å². The number of aromatic nitrogens is 4. The Morgan fingerprint density at radius 3 is 2.52 bits per heavy atom. The number of hydrogen-bond donors (Lipinski definition) is 1. The summed E-state index contributed by atoms with van der Waals surface area (Å²) in [6.07, 6.45) is 1.70. The summed E-state index contributed by atoms with van der Waals surface area (Å²) in [6.45, 7) is 1.51. The third kappa shape index (κ3) is 2.64. The van der Waals surface area contributed by atoms with Gasteiger partial charge in [-0.1, -0.05) is 0 Å². The predicted molar refractivity (Wildman–Crippen MR) is 79.2 cm³/mol. The minimum absolute atomic E-state index is 0.286.